The number of ether oxygens (including phenoxy) is 1. The van der Waals surface area contributed by atoms with Gasteiger partial charge in [0, 0.05) is 6.54 Å². The molecule has 0 saturated heterocycles. The van der Waals surface area contributed by atoms with Crippen molar-refractivity contribution < 1.29 is 24.9 Å². The molecule has 0 aliphatic carbocycles. The van der Waals surface area contributed by atoms with Crippen LogP contribution in [0.5, 0.6) is 0 Å². The fourth-order valence-corrected chi connectivity index (χ4v) is 1.20. The molecule has 1 heterocycles. The Kier molecular flexibility index (Phi) is 2.97. The first kappa shape index (κ1) is 10.8. The molecule has 1 rings (SSSR count). The molecule has 0 aromatic carbocycles. The number of likely N-dealkylation sites (N-methyl/N-ethyl adjacent to an activating group) is 1. The van der Waals surface area contributed by atoms with Crippen molar-refractivity contribution in [3.05, 3.63) is 11.5 Å². The van der Waals surface area contributed by atoms with Gasteiger partial charge < -0.3 is 25.0 Å². The lowest BCUT2D eigenvalue weighted by Crippen LogP contribution is -2.37. The van der Waals surface area contributed by atoms with Crippen molar-refractivity contribution in [2.24, 2.45) is 0 Å². The maximum Gasteiger partial charge on any atom is 0.377 e. The van der Waals surface area contributed by atoms with E-state index in [2.05, 4.69) is 4.74 Å². The smallest absolute Gasteiger partial charge is 0.377 e. The van der Waals surface area contributed by atoms with Crippen LogP contribution in [0, 0.1) is 0 Å². The molecule has 3 N–H and O–H groups in total. The molecule has 0 spiro atoms. The van der Waals surface area contributed by atoms with Crippen LogP contribution in [0.2, 0.25) is 0 Å². The Morgan fingerprint density at radius 1 is 1.50 bits per heavy atom. The molecule has 0 radical (unpaired) electrons. The standard InChI is InChI=1S/C8H13NO5/c1-9(2)3-4(10)7-5(11)6(12)8(13)14-7/h4,7,10-12H,3H2,1-2H3/t4-,7+/m0/s1. The van der Waals surface area contributed by atoms with Crippen molar-refractivity contribution >= 4 is 5.97 Å². The molecule has 1 aliphatic rings. The number of hydrogen-bond acceptors (Lipinski definition) is 6. The third-order valence-electron chi connectivity index (χ3n) is 1.84. The Labute approximate surface area is 81.0 Å². The van der Waals surface area contributed by atoms with Gasteiger partial charge in [-0.25, -0.2) is 4.79 Å². The molecule has 0 aromatic heterocycles. The Bertz CT molecular complexity index is 273. The van der Waals surface area contributed by atoms with E-state index in [-0.39, 0.29) is 6.54 Å². The Morgan fingerprint density at radius 2 is 2.07 bits per heavy atom. The Morgan fingerprint density at radius 3 is 2.43 bits per heavy atom. The molecule has 80 valence electrons. The van der Waals surface area contributed by atoms with Crippen LogP contribution in [-0.2, 0) is 9.53 Å². The normalized spacial score (nSPS) is 24.3. The van der Waals surface area contributed by atoms with Crippen LogP contribution in [0.25, 0.3) is 0 Å². The van der Waals surface area contributed by atoms with Crippen LogP contribution < -0.4 is 0 Å². The summed E-state index contributed by atoms with van der Waals surface area (Å²) in [5, 5.41) is 27.7. The van der Waals surface area contributed by atoms with Crippen molar-refractivity contribution in [1.82, 2.24) is 4.90 Å². The molecule has 0 amide bonds. The van der Waals surface area contributed by atoms with Crippen molar-refractivity contribution in [3.63, 3.8) is 0 Å². The van der Waals surface area contributed by atoms with Crippen molar-refractivity contribution in [2.45, 2.75) is 12.2 Å². The summed E-state index contributed by atoms with van der Waals surface area (Å²) in [6, 6.07) is 0. The first-order chi connectivity index (χ1) is 6.43. The van der Waals surface area contributed by atoms with Gasteiger partial charge in [0.05, 0.1) is 0 Å². The zero-order valence-corrected chi connectivity index (χ0v) is 7.97. The minimum atomic E-state index is -1.16. The van der Waals surface area contributed by atoms with Crippen molar-refractivity contribution in [3.8, 4) is 0 Å². The van der Waals surface area contributed by atoms with Gasteiger partial charge in [0.1, 0.15) is 6.10 Å². The number of rotatable bonds is 3. The van der Waals surface area contributed by atoms with E-state index >= 15 is 0 Å². The highest BCUT2D eigenvalue weighted by Crippen LogP contribution is 2.21. The molecule has 0 unspecified atom stereocenters. The largest absolute Gasteiger partial charge is 0.505 e. The van der Waals surface area contributed by atoms with E-state index in [9.17, 15) is 15.0 Å². The van der Waals surface area contributed by atoms with Gasteiger partial charge in [0.25, 0.3) is 0 Å². The first-order valence-corrected chi connectivity index (χ1v) is 4.09. The second-order valence-corrected chi connectivity index (χ2v) is 3.39. The van der Waals surface area contributed by atoms with Gasteiger partial charge in [-0.15, -0.1) is 0 Å². The maximum absolute atomic E-state index is 10.8. The monoisotopic (exact) mass is 203 g/mol. The highest BCUT2D eigenvalue weighted by Gasteiger charge is 2.39. The lowest BCUT2D eigenvalue weighted by molar-refractivity contribution is -0.147. The average molecular weight is 203 g/mol. The number of aliphatic hydroxyl groups excluding tert-OH is 3. The summed E-state index contributed by atoms with van der Waals surface area (Å²) in [4.78, 5) is 12.4. The molecule has 0 fully saturated rings. The van der Waals surface area contributed by atoms with E-state index in [1.165, 1.54) is 0 Å². The van der Waals surface area contributed by atoms with Gasteiger partial charge in [-0.3, -0.25) is 0 Å². The molecular formula is C8H13NO5. The average Bonchev–Trinajstić information content (AvgIpc) is 2.32. The van der Waals surface area contributed by atoms with E-state index in [1.54, 1.807) is 19.0 Å². The lowest BCUT2D eigenvalue weighted by atomic mass is 10.1. The number of aliphatic hydroxyl groups is 3. The number of nitrogens with zero attached hydrogens (tertiary/aromatic N) is 1. The SMILES string of the molecule is CN(C)C[C@H](O)[C@H]1OC(=O)C(O)=C1O. The number of cyclic esters (lactones) is 1. The summed E-state index contributed by atoms with van der Waals surface area (Å²) in [5.74, 6) is -2.44. The highest BCUT2D eigenvalue weighted by molar-refractivity contribution is 5.89. The van der Waals surface area contributed by atoms with Gasteiger partial charge in [-0.2, -0.15) is 0 Å². The van der Waals surface area contributed by atoms with Crippen LogP contribution in [0.1, 0.15) is 0 Å². The van der Waals surface area contributed by atoms with Gasteiger partial charge in [-0.1, -0.05) is 0 Å². The Balaban J connectivity index is 2.68. The molecule has 6 nitrogen and oxygen atoms in total. The number of carbonyl (C=O) groups excluding carboxylic acids is 1. The van der Waals surface area contributed by atoms with E-state index in [0.29, 0.717) is 0 Å². The molecule has 2 atom stereocenters. The van der Waals surface area contributed by atoms with Gasteiger partial charge >= 0.3 is 5.97 Å². The number of esters is 1. The maximum atomic E-state index is 10.8. The van der Waals surface area contributed by atoms with Gasteiger partial charge in [-0.05, 0) is 14.1 Å². The van der Waals surface area contributed by atoms with Crippen molar-refractivity contribution in [1.29, 1.82) is 0 Å². The van der Waals surface area contributed by atoms with Gasteiger partial charge in [0.15, 0.2) is 11.9 Å². The molecule has 6 heteroatoms. The quantitative estimate of drug-likeness (QED) is 0.518. The summed E-state index contributed by atoms with van der Waals surface area (Å²) in [7, 11) is 3.45. The Hall–Kier alpha value is -1.27. The molecule has 1 aliphatic heterocycles. The summed E-state index contributed by atoms with van der Waals surface area (Å²) in [5.41, 5.74) is 0. The molecule has 0 saturated carbocycles. The number of hydrogen-bond donors (Lipinski definition) is 3. The van der Waals surface area contributed by atoms with Crippen LogP contribution in [0.3, 0.4) is 0 Å². The van der Waals surface area contributed by atoms with Crippen LogP contribution in [0.15, 0.2) is 11.5 Å². The summed E-state index contributed by atoms with van der Waals surface area (Å²) >= 11 is 0. The predicted molar refractivity (Wildman–Crippen MR) is 46.7 cm³/mol. The van der Waals surface area contributed by atoms with Crippen LogP contribution >= 0.6 is 0 Å². The third-order valence-corrected chi connectivity index (χ3v) is 1.84. The molecule has 0 aromatic rings. The molecule has 14 heavy (non-hydrogen) atoms. The summed E-state index contributed by atoms with van der Waals surface area (Å²) < 4.78 is 4.56. The predicted octanol–water partition coefficient (Wildman–Crippen LogP) is -0.838. The fourth-order valence-electron chi connectivity index (χ4n) is 1.20. The zero-order chi connectivity index (χ0) is 10.9. The summed E-state index contributed by atoms with van der Waals surface area (Å²) in [6.07, 6.45) is -2.22. The topological polar surface area (TPSA) is 90.2 Å². The highest BCUT2D eigenvalue weighted by atomic mass is 16.6. The lowest BCUT2D eigenvalue weighted by Gasteiger charge is -2.20. The van der Waals surface area contributed by atoms with E-state index in [1.807, 2.05) is 0 Å². The fraction of sp³-hybridized carbons (Fsp3) is 0.625. The van der Waals surface area contributed by atoms with Crippen LogP contribution in [0.4, 0.5) is 0 Å². The minimum absolute atomic E-state index is 0.218. The first-order valence-electron chi connectivity index (χ1n) is 4.09. The zero-order valence-electron chi connectivity index (χ0n) is 7.97. The molecular weight excluding hydrogens is 190 g/mol. The second kappa shape index (κ2) is 3.85. The minimum Gasteiger partial charge on any atom is -0.505 e. The van der Waals surface area contributed by atoms with Crippen molar-refractivity contribution in [2.75, 3.05) is 20.6 Å². The number of carbonyl (C=O) groups is 1. The van der Waals surface area contributed by atoms with Crippen LogP contribution in [-0.4, -0.2) is 59.0 Å². The van der Waals surface area contributed by atoms with Gasteiger partial charge in [0.2, 0.25) is 5.76 Å². The third kappa shape index (κ3) is 1.97. The second-order valence-electron chi connectivity index (χ2n) is 3.39. The van der Waals surface area contributed by atoms with E-state index in [4.69, 9.17) is 5.11 Å². The van der Waals surface area contributed by atoms with E-state index in [0.717, 1.165) is 0 Å². The molecule has 0 bridgehead atoms. The summed E-state index contributed by atoms with van der Waals surface area (Å²) in [6.45, 7) is 0.218. The van der Waals surface area contributed by atoms with E-state index < -0.39 is 29.7 Å².